The summed E-state index contributed by atoms with van der Waals surface area (Å²) in [5.74, 6) is -0.488. The summed E-state index contributed by atoms with van der Waals surface area (Å²) < 4.78 is 9.11. The van der Waals surface area contributed by atoms with Gasteiger partial charge in [-0.2, -0.15) is 5.10 Å². The number of allylic oxidation sites excluding steroid dienone is 1. The van der Waals surface area contributed by atoms with E-state index >= 15 is 0 Å². The molecule has 3 aromatic rings. The summed E-state index contributed by atoms with van der Waals surface area (Å²) in [4.78, 5) is 34.0. The van der Waals surface area contributed by atoms with E-state index in [2.05, 4.69) is 28.8 Å². The fourth-order valence-corrected chi connectivity index (χ4v) is 5.48. The molecule has 0 amide bonds. The highest BCUT2D eigenvalue weighted by Crippen LogP contribution is 2.31. The Bertz CT molecular complexity index is 1460. The van der Waals surface area contributed by atoms with Crippen molar-refractivity contribution in [2.24, 2.45) is 4.99 Å². The fraction of sp³-hybridized carbons (Fsp3) is 0.385. The van der Waals surface area contributed by atoms with Crippen molar-refractivity contribution in [3.63, 3.8) is 0 Å². The lowest BCUT2D eigenvalue weighted by molar-refractivity contribution is -0.136. The number of benzene rings is 1. The normalized spacial score (nSPS) is 15.7. The Morgan fingerprint density at radius 2 is 1.86 bits per heavy atom. The molecule has 1 aliphatic heterocycles. The van der Waals surface area contributed by atoms with Gasteiger partial charge in [0.25, 0.3) is 5.56 Å². The molecule has 4 rings (SSSR count). The number of aromatic nitrogens is 3. The molecule has 35 heavy (non-hydrogen) atoms. The largest absolute Gasteiger partial charge is 0.466 e. The molecule has 0 N–H and O–H groups in total. The summed E-state index contributed by atoms with van der Waals surface area (Å²) in [6, 6.07) is 7.40. The van der Waals surface area contributed by atoms with Crippen molar-refractivity contribution in [3.05, 3.63) is 78.2 Å². The number of anilines is 1. The highest BCUT2D eigenvalue weighted by molar-refractivity contribution is 7.07. The van der Waals surface area contributed by atoms with E-state index in [-0.39, 0.29) is 5.56 Å². The quantitative estimate of drug-likeness (QED) is 0.473. The van der Waals surface area contributed by atoms with Crippen molar-refractivity contribution in [2.45, 2.75) is 47.2 Å². The van der Waals surface area contributed by atoms with Crippen molar-refractivity contribution in [1.82, 2.24) is 14.3 Å². The molecule has 0 unspecified atom stereocenters. The molecule has 0 saturated carbocycles. The average Bonchev–Trinajstić information content (AvgIpc) is 3.37. The van der Waals surface area contributed by atoms with Gasteiger partial charge < -0.3 is 9.64 Å². The van der Waals surface area contributed by atoms with Crippen LogP contribution in [-0.4, -0.2) is 40.5 Å². The number of aryl methyl sites for hydroxylation is 2. The number of nitrogens with zero attached hydrogens (tertiary/aromatic N) is 5. The zero-order chi connectivity index (χ0) is 25.3. The Morgan fingerprint density at radius 1 is 1.17 bits per heavy atom. The maximum atomic E-state index is 13.7. The molecule has 0 bridgehead atoms. The van der Waals surface area contributed by atoms with Crippen LogP contribution in [0.25, 0.3) is 6.08 Å². The fourth-order valence-electron chi connectivity index (χ4n) is 4.44. The van der Waals surface area contributed by atoms with Gasteiger partial charge >= 0.3 is 5.97 Å². The number of thiazole rings is 1. The molecule has 184 valence electrons. The Morgan fingerprint density at radius 3 is 2.43 bits per heavy atom. The number of carbonyl (C=O) groups excluding carboxylic acids is 1. The second kappa shape index (κ2) is 10.0. The van der Waals surface area contributed by atoms with Crippen LogP contribution in [-0.2, 0) is 16.1 Å². The summed E-state index contributed by atoms with van der Waals surface area (Å²) in [6.07, 6.45) is 3.79. The predicted molar refractivity (Wildman–Crippen MR) is 138 cm³/mol. The van der Waals surface area contributed by atoms with E-state index in [0.717, 1.165) is 42.1 Å². The number of hydrogen-bond acceptors (Lipinski definition) is 7. The van der Waals surface area contributed by atoms with E-state index in [4.69, 9.17) is 4.74 Å². The van der Waals surface area contributed by atoms with Crippen LogP contribution in [0, 0.1) is 6.92 Å². The summed E-state index contributed by atoms with van der Waals surface area (Å²) >= 11 is 1.32. The van der Waals surface area contributed by atoms with Gasteiger partial charge in [-0.25, -0.2) is 9.79 Å². The van der Waals surface area contributed by atoms with E-state index in [1.165, 1.54) is 18.4 Å². The molecule has 1 atom stereocenters. The number of carbonyl (C=O) groups is 1. The Balaban J connectivity index is 1.90. The molecule has 2 aromatic heterocycles. The smallest absolute Gasteiger partial charge is 0.338 e. The van der Waals surface area contributed by atoms with E-state index in [0.29, 0.717) is 20.6 Å². The van der Waals surface area contributed by atoms with E-state index in [1.54, 1.807) is 11.5 Å². The monoisotopic (exact) mass is 493 g/mol. The lowest BCUT2D eigenvalue weighted by atomic mass is 9.95. The molecule has 8 nitrogen and oxygen atoms in total. The summed E-state index contributed by atoms with van der Waals surface area (Å²) in [5.41, 5.74) is 4.40. The van der Waals surface area contributed by atoms with Gasteiger partial charge in [0.1, 0.15) is 0 Å². The molecule has 0 spiro atoms. The molecular weight excluding hydrogens is 462 g/mol. The number of ether oxygens (including phenoxy) is 1. The highest BCUT2D eigenvalue weighted by Gasteiger charge is 2.33. The van der Waals surface area contributed by atoms with Gasteiger partial charge in [-0.1, -0.05) is 23.5 Å². The molecular formula is C26H31N5O3S. The zero-order valence-electron chi connectivity index (χ0n) is 21.0. The number of hydrogen-bond donors (Lipinski definition) is 0. The predicted octanol–water partition coefficient (Wildman–Crippen LogP) is 2.78. The Kier molecular flexibility index (Phi) is 7.07. The maximum absolute atomic E-state index is 13.7. The minimum Gasteiger partial charge on any atom is -0.466 e. The second-order valence-corrected chi connectivity index (χ2v) is 9.37. The minimum atomic E-state index is -0.619. The lowest BCUT2D eigenvalue weighted by Crippen LogP contribution is -2.39. The highest BCUT2D eigenvalue weighted by atomic mass is 32.1. The molecule has 3 heterocycles. The minimum absolute atomic E-state index is 0.191. The third-order valence-electron chi connectivity index (χ3n) is 6.36. The summed E-state index contributed by atoms with van der Waals surface area (Å²) in [6.45, 7) is 12.5. The molecule has 0 fully saturated rings. The topological polar surface area (TPSA) is 81.7 Å². The second-order valence-electron chi connectivity index (χ2n) is 8.36. The molecule has 1 aliphatic rings. The van der Waals surface area contributed by atoms with Crippen LogP contribution in [0.4, 0.5) is 5.69 Å². The molecule has 9 heteroatoms. The van der Waals surface area contributed by atoms with E-state index in [1.807, 2.05) is 55.1 Å². The molecule has 0 aliphatic carbocycles. The summed E-state index contributed by atoms with van der Waals surface area (Å²) in [5, 5.41) is 4.48. The van der Waals surface area contributed by atoms with E-state index in [9.17, 15) is 9.59 Å². The number of methoxy groups -OCH3 is 1. The Hall–Kier alpha value is -3.46. The van der Waals surface area contributed by atoms with Gasteiger partial charge in [0.2, 0.25) is 0 Å². The van der Waals surface area contributed by atoms with Crippen molar-refractivity contribution >= 4 is 29.1 Å². The number of esters is 1. The van der Waals surface area contributed by atoms with Gasteiger partial charge in [0.15, 0.2) is 4.80 Å². The van der Waals surface area contributed by atoms with Gasteiger partial charge in [-0.15, -0.1) is 0 Å². The first-order chi connectivity index (χ1) is 16.8. The van der Waals surface area contributed by atoms with Crippen molar-refractivity contribution in [1.29, 1.82) is 0 Å². The van der Waals surface area contributed by atoms with Gasteiger partial charge in [0.05, 0.1) is 34.6 Å². The number of rotatable bonds is 7. The van der Waals surface area contributed by atoms with Crippen LogP contribution in [0.1, 0.15) is 50.6 Å². The number of fused-ring (bicyclic) bond motifs is 1. The van der Waals surface area contributed by atoms with Crippen LogP contribution >= 0.6 is 11.3 Å². The third kappa shape index (κ3) is 4.48. The molecule has 1 aromatic carbocycles. The third-order valence-corrected chi connectivity index (χ3v) is 7.34. The zero-order valence-corrected chi connectivity index (χ0v) is 21.8. The van der Waals surface area contributed by atoms with Crippen LogP contribution < -0.4 is 19.8 Å². The van der Waals surface area contributed by atoms with E-state index < -0.39 is 12.0 Å². The molecule has 0 saturated heterocycles. The van der Waals surface area contributed by atoms with Crippen LogP contribution in [0.3, 0.4) is 0 Å². The Labute approximate surface area is 208 Å². The maximum Gasteiger partial charge on any atom is 0.338 e. The van der Waals surface area contributed by atoms with Gasteiger partial charge in [-0.05, 0) is 58.4 Å². The first kappa shape index (κ1) is 24.7. The SMILES string of the molecule is CCN(CC)c1ccc([C@H]2C(C(=O)OC)=C(C)N=c3s/c(=C/c4cn(CC)nc4C)c(=O)n32)cc1. The standard InChI is InChI=1S/C26H31N5O3S/c1-7-29(8-2)20-12-10-18(11-13-20)23-22(25(33)34-6)17(5)27-26-31(23)24(32)21(35-26)14-19-15-30(9-3)28-16(19)4/h10-15,23H,7-9H2,1-6H3/b21-14+/t23-/m0/s1. The van der Waals surface area contributed by atoms with Crippen molar-refractivity contribution in [2.75, 3.05) is 25.1 Å². The van der Waals surface area contributed by atoms with Gasteiger partial charge in [-0.3, -0.25) is 14.0 Å². The van der Waals surface area contributed by atoms with Crippen LogP contribution in [0.2, 0.25) is 0 Å². The van der Waals surface area contributed by atoms with Crippen molar-refractivity contribution in [3.8, 4) is 0 Å². The average molecular weight is 494 g/mol. The first-order valence-corrected chi connectivity index (χ1v) is 12.6. The van der Waals surface area contributed by atoms with Gasteiger partial charge in [0, 0.05) is 37.1 Å². The van der Waals surface area contributed by atoms with Crippen LogP contribution in [0.5, 0.6) is 0 Å². The molecule has 0 radical (unpaired) electrons. The first-order valence-electron chi connectivity index (χ1n) is 11.8. The van der Waals surface area contributed by atoms with Crippen LogP contribution in [0.15, 0.2) is 51.5 Å². The summed E-state index contributed by atoms with van der Waals surface area (Å²) in [7, 11) is 1.35. The van der Waals surface area contributed by atoms with Crippen molar-refractivity contribution < 1.29 is 9.53 Å². The lowest BCUT2D eigenvalue weighted by Gasteiger charge is -2.26.